The molecule has 7 nitrogen and oxygen atoms in total. The summed E-state index contributed by atoms with van der Waals surface area (Å²) in [6, 6.07) is 1.24. The van der Waals surface area contributed by atoms with Gasteiger partial charge in [-0.3, -0.25) is 9.48 Å². The van der Waals surface area contributed by atoms with Gasteiger partial charge in [-0.15, -0.1) is 0 Å². The number of aliphatic hydroxyl groups excluding tert-OH is 1. The molecule has 1 aromatic rings. The Balaban J connectivity index is 2.33. The molecule has 0 saturated carbocycles. The number of carboxylic acid groups (broad SMARTS) is 1. The number of carboxylic acids is 1. The van der Waals surface area contributed by atoms with Crippen LogP contribution >= 0.6 is 0 Å². The van der Waals surface area contributed by atoms with Gasteiger partial charge in [0.2, 0.25) is 5.91 Å². The lowest BCUT2D eigenvalue weighted by Crippen LogP contribution is -2.34. The molecule has 1 heterocycles. The number of rotatable bonds is 6. The normalized spacial score (nSPS) is 14.0. The van der Waals surface area contributed by atoms with Crippen molar-refractivity contribution in [1.82, 2.24) is 15.1 Å². The molecule has 3 N–H and O–H groups in total. The first-order valence-electron chi connectivity index (χ1n) is 5.20. The molecular weight excluding hydrogens is 226 g/mol. The first-order chi connectivity index (χ1) is 8.02. The van der Waals surface area contributed by atoms with Crippen molar-refractivity contribution in [2.24, 2.45) is 0 Å². The van der Waals surface area contributed by atoms with Gasteiger partial charge >= 0.3 is 5.97 Å². The summed E-state index contributed by atoms with van der Waals surface area (Å²) in [6.45, 7) is 1.79. The Morgan fingerprint density at radius 3 is 2.76 bits per heavy atom. The molecule has 94 valence electrons. The maximum atomic E-state index is 11.6. The fourth-order valence-corrected chi connectivity index (χ4v) is 1.23. The van der Waals surface area contributed by atoms with Gasteiger partial charge in [-0.25, -0.2) is 4.79 Å². The van der Waals surface area contributed by atoms with Gasteiger partial charge in [0.1, 0.15) is 6.04 Å². The largest absolute Gasteiger partial charge is 0.479 e. The summed E-state index contributed by atoms with van der Waals surface area (Å²) in [7, 11) is 0. The number of aliphatic hydroxyl groups is 1. The van der Waals surface area contributed by atoms with E-state index < -0.39 is 18.1 Å². The molecule has 1 rings (SSSR count). The molecule has 0 fully saturated rings. The van der Waals surface area contributed by atoms with E-state index in [1.807, 2.05) is 0 Å². The standard InChI is InChI=1S/C10H15N3O4/c1-7(13-6-2-4-12-13)9(15)11-5-3-8(14)10(16)17/h2,4,6-8,14H,3,5H2,1H3,(H,11,15)(H,16,17). The number of hydrogen-bond donors (Lipinski definition) is 3. The third kappa shape index (κ3) is 3.87. The number of aliphatic carboxylic acids is 1. The number of amides is 1. The predicted octanol–water partition coefficient (Wildman–Crippen LogP) is -0.604. The van der Waals surface area contributed by atoms with Gasteiger partial charge < -0.3 is 15.5 Å². The van der Waals surface area contributed by atoms with Crippen molar-refractivity contribution in [3.8, 4) is 0 Å². The smallest absolute Gasteiger partial charge is 0.332 e. The van der Waals surface area contributed by atoms with E-state index in [4.69, 9.17) is 10.2 Å². The van der Waals surface area contributed by atoms with Crippen LogP contribution in [0.25, 0.3) is 0 Å². The summed E-state index contributed by atoms with van der Waals surface area (Å²) in [5.74, 6) is -1.56. The fourth-order valence-electron chi connectivity index (χ4n) is 1.23. The van der Waals surface area contributed by atoms with Gasteiger partial charge in [0.05, 0.1) is 0 Å². The van der Waals surface area contributed by atoms with Crippen LogP contribution in [-0.2, 0) is 9.59 Å². The highest BCUT2D eigenvalue weighted by atomic mass is 16.4. The monoisotopic (exact) mass is 241 g/mol. The molecule has 0 aliphatic carbocycles. The third-order valence-electron chi connectivity index (χ3n) is 2.30. The molecular formula is C10H15N3O4. The maximum absolute atomic E-state index is 11.6. The number of hydrogen-bond acceptors (Lipinski definition) is 4. The van der Waals surface area contributed by atoms with E-state index in [-0.39, 0.29) is 18.9 Å². The summed E-state index contributed by atoms with van der Waals surface area (Å²) >= 11 is 0. The zero-order valence-corrected chi connectivity index (χ0v) is 9.41. The molecule has 0 bridgehead atoms. The maximum Gasteiger partial charge on any atom is 0.332 e. The molecule has 7 heteroatoms. The number of carbonyl (C=O) groups is 2. The Bertz CT molecular complexity index is 377. The first kappa shape index (κ1) is 13.2. The highest BCUT2D eigenvalue weighted by molar-refractivity contribution is 5.79. The second kappa shape index (κ2) is 6.00. The molecule has 17 heavy (non-hydrogen) atoms. The van der Waals surface area contributed by atoms with Gasteiger partial charge in [0.25, 0.3) is 0 Å². The topological polar surface area (TPSA) is 104 Å². The van der Waals surface area contributed by atoms with Gasteiger partial charge in [0.15, 0.2) is 6.10 Å². The Kier molecular flexibility index (Phi) is 4.65. The van der Waals surface area contributed by atoms with Crippen LogP contribution in [-0.4, -0.2) is 44.5 Å². The molecule has 0 aliphatic heterocycles. The van der Waals surface area contributed by atoms with Crippen LogP contribution in [0.15, 0.2) is 18.5 Å². The average molecular weight is 241 g/mol. The van der Waals surface area contributed by atoms with Crippen molar-refractivity contribution in [1.29, 1.82) is 0 Å². The molecule has 0 radical (unpaired) electrons. The van der Waals surface area contributed by atoms with Crippen LogP contribution in [0, 0.1) is 0 Å². The van der Waals surface area contributed by atoms with Crippen LogP contribution in [0.2, 0.25) is 0 Å². The second-order valence-electron chi connectivity index (χ2n) is 3.60. The van der Waals surface area contributed by atoms with Crippen LogP contribution in [0.4, 0.5) is 0 Å². The van der Waals surface area contributed by atoms with E-state index in [1.54, 1.807) is 25.4 Å². The molecule has 0 spiro atoms. The SMILES string of the molecule is CC(C(=O)NCCC(O)C(=O)O)n1cccn1. The molecule has 0 aliphatic rings. The lowest BCUT2D eigenvalue weighted by atomic mass is 10.2. The predicted molar refractivity (Wildman–Crippen MR) is 58.2 cm³/mol. The fraction of sp³-hybridized carbons (Fsp3) is 0.500. The third-order valence-corrected chi connectivity index (χ3v) is 2.30. The minimum atomic E-state index is -1.45. The number of nitrogens with zero attached hydrogens (tertiary/aromatic N) is 2. The Hall–Kier alpha value is -1.89. The van der Waals surface area contributed by atoms with E-state index in [0.717, 1.165) is 0 Å². The van der Waals surface area contributed by atoms with E-state index >= 15 is 0 Å². The number of nitrogens with one attached hydrogen (secondary N) is 1. The summed E-state index contributed by atoms with van der Waals surface area (Å²) in [4.78, 5) is 21.9. The van der Waals surface area contributed by atoms with Gasteiger partial charge in [-0.2, -0.15) is 5.10 Å². The van der Waals surface area contributed by atoms with E-state index in [2.05, 4.69) is 10.4 Å². The minimum absolute atomic E-state index is 0.0209. The van der Waals surface area contributed by atoms with Crippen molar-refractivity contribution in [3.05, 3.63) is 18.5 Å². The Morgan fingerprint density at radius 1 is 1.53 bits per heavy atom. The van der Waals surface area contributed by atoms with Crippen molar-refractivity contribution in [2.45, 2.75) is 25.5 Å². The van der Waals surface area contributed by atoms with Crippen LogP contribution < -0.4 is 5.32 Å². The zero-order chi connectivity index (χ0) is 12.8. The zero-order valence-electron chi connectivity index (χ0n) is 9.41. The second-order valence-corrected chi connectivity index (χ2v) is 3.60. The van der Waals surface area contributed by atoms with Gasteiger partial charge in [0, 0.05) is 25.4 Å². The van der Waals surface area contributed by atoms with Crippen LogP contribution in [0.1, 0.15) is 19.4 Å². The Labute approximate surface area is 98.1 Å². The quantitative estimate of drug-likeness (QED) is 0.616. The van der Waals surface area contributed by atoms with Gasteiger partial charge in [-0.05, 0) is 13.0 Å². The number of carbonyl (C=O) groups excluding carboxylic acids is 1. The lowest BCUT2D eigenvalue weighted by molar-refractivity contribution is -0.147. The average Bonchev–Trinajstić information content (AvgIpc) is 2.80. The highest BCUT2D eigenvalue weighted by Gasteiger charge is 2.16. The van der Waals surface area contributed by atoms with Crippen molar-refractivity contribution >= 4 is 11.9 Å². The van der Waals surface area contributed by atoms with E-state index in [1.165, 1.54) is 4.68 Å². The first-order valence-corrected chi connectivity index (χ1v) is 5.20. The van der Waals surface area contributed by atoms with Crippen LogP contribution in [0.3, 0.4) is 0 Å². The summed E-state index contributed by atoms with van der Waals surface area (Å²) in [6.07, 6.45) is 1.76. The molecule has 0 aromatic carbocycles. The van der Waals surface area contributed by atoms with Gasteiger partial charge in [-0.1, -0.05) is 0 Å². The molecule has 2 atom stereocenters. The van der Waals surface area contributed by atoms with Crippen molar-refractivity contribution < 1.29 is 19.8 Å². The summed E-state index contributed by atoms with van der Waals surface area (Å²) in [5.41, 5.74) is 0. The molecule has 1 aromatic heterocycles. The molecule has 1 amide bonds. The molecule has 0 saturated heterocycles. The van der Waals surface area contributed by atoms with Crippen LogP contribution in [0.5, 0.6) is 0 Å². The Morgan fingerprint density at radius 2 is 2.24 bits per heavy atom. The lowest BCUT2D eigenvalue weighted by Gasteiger charge is -2.13. The molecule has 2 unspecified atom stereocenters. The van der Waals surface area contributed by atoms with Crippen molar-refractivity contribution in [2.75, 3.05) is 6.54 Å². The van der Waals surface area contributed by atoms with E-state index in [9.17, 15) is 9.59 Å². The summed E-state index contributed by atoms with van der Waals surface area (Å²) in [5, 5.41) is 23.9. The van der Waals surface area contributed by atoms with E-state index in [0.29, 0.717) is 0 Å². The van der Waals surface area contributed by atoms with Crippen molar-refractivity contribution in [3.63, 3.8) is 0 Å². The highest BCUT2D eigenvalue weighted by Crippen LogP contribution is 2.02. The minimum Gasteiger partial charge on any atom is -0.479 e. The summed E-state index contributed by atoms with van der Waals surface area (Å²) < 4.78 is 1.49. The number of aromatic nitrogens is 2.